The van der Waals surface area contributed by atoms with Gasteiger partial charge in [-0.1, -0.05) is 26.7 Å². The number of rotatable bonds is 3. The van der Waals surface area contributed by atoms with Gasteiger partial charge >= 0.3 is 0 Å². The Balaban J connectivity index is 2.40. The smallest absolute Gasteiger partial charge is 0.240 e. The third-order valence-corrected chi connectivity index (χ3v) is 3.49. The molecule has 0 N–H and O–H groups in total. The molecule has 2 rings (SSSR count). The molecular formula is C14H18N2O. The van der Waals surface area contributed by atoms with E-state index in [4.69, 9.17) is 0 Å². The van der Waals surface area contributed by atoms with Crippen molar-refractivity contribution in [2.24, 2.45) is 4.99 Å². The average molecular weight is 230 g/mol. The van der Waals surface area contributed by atoms with Crippen molar-refractivity contribution >= 4 is 11.8 Å². The molecule has 1 aliphatic carbocycles. The van der Waals surface area contributed by atoms with Gasteiger partial charge in [-0.15, -0.1) is 0 Å². The molecule has 0 unspecified atom stereocenters. The molecule has 0 amide bonds. The first kappa shape index (κ1) is 12.0. The quantitative estimate of drug-likeness (QED) is 0.585. The summed E-state index contributed by atoms with van der Waals surface area (Å²) in [5.41, 5.74) is 2.83. The number of hydrogen-bond donors (Lipinski definition) is 0. The molecule has 17 heavy (non-hydrogen) atoms. The van der Waals surface area contributed by atoms with Crippen LogP contribution in [0.1, 0.15) is 62.6 Å². The number of aliphatic imine (C=N–C) groups is 1. The summed E-state index contributed by atoms with van der Waals surface area (Å²) in [4.78, 5) is 18.9. The fourth-order valence-corrected chi connectivity index (χ4v) is 2.45. The molecule has 0 bridgehead atoms. The first-order valence-electron chi connectivity index (χ1n) is 6.30. The summed E-state index contributed by atoms with van der Waals surface area (Å²) < 4.78 is 0. The Hall–Kier alpha value is -1.47. The van der Waals surface area contributed by atoms with Gasteiger partial charge in [0, 0.05) is 12.1 Å². The van der Waals surface area contributed by atoms with Crippen LogP contribution in [0.25, 0.3) is 0 Å². The monoisotopic (exact) mass is 230 g/mol. The molecule has 0 radical (unpaired) electrons. The topological polar surface area (TPSA) is 42.3 Å². The van der Waals surface area contributed by atoms with Crippen molar-refractivity contribution in [3.05, 3.63) is 23.5 Å². The Kier molecular flexibility index (Phi) is 3.70. The Morgan fingerprint density at radius 2 is 2.12 bits per heavy atom. The highest BCUT2D eigenvalue weighted by atomic mass is 16.1. The molecule has 0 spiro atoms. The van der Waals surface area contributed by atoms with Gasteiger partial charge in [0.25, 0.3) is 0 Å². The summed E-state index contributed by atoms with van der Waals surface area (Å²) >= 11 is 0. The van der Waals surface area contributed by atoms with E-state index in [0.717, 1.165) is 29.8 Å². The fourth-order valence-electron chi connectivity index (χ4n) is 2.45. The molecule has 1 saturated carbocycles. The van der Waals surface area contributed by atoms with Crippen LogP contribution >= 0.6 is 0 Å². The van der Waals surface area contributed by atoms with E-state index in [9.17, 15) is 4.79 Å². The Bertz CT molecular complexity index is 442. The van der Waals surface area contributed by atoms with Crippen molar-refractivity contribution in [1.29, 1.82) is 0 Å². The van der Waals surface area contributed by atoms with Gasteiger partial charge in [0.2, 0.25) is 6.08 Å². The largest absolute Gasteiger partial charge is 0.258 e. The van der Waals surface area contributed by atoms with Crippen molar-refractivity contribution in [2.45, 2.75) is 51.4 Å². The normalized spacial score (nSPS) is 16.2. The van der Waals surface area contributed by atoms with Gasteiger partial charge in [-0.3, -0.25) is 4.98 Å². The van der Waals surface area contributed by atoms with Crippen LogP contribution in [0, 0.1) is 0 Å². The van der Waals surface area contributed by atoms with Crippen molar-refractivity contribution in [3.63, 3.8) is 0 Å². The van der Waals surface area contributed by atoms with E-state index in [1.54, 1.807) is 6.08 Å². The Morgan fingerprint density at radius 3 is 2.71 bits per heavy atom. The highest BCUT2D eigenvalue weighted by Crippen LogP contribution is 2.38. The number of carbonyl (C=O) groups excluding carboxylic acids is 1. The van der Waals surface area contributed by atoms with Crippen molar-refractivity contribution < 1.29 is 4.79 Å². The van der Waals surface area contributed by atoms with Crippen LogP contribution in [0.5, 0.6) is 0 Å². The first-order valence-corrected chi connectivity index (χ1v) is 6.30. The van der Waals surface area contributed by atoms with Crippen LogP contribution < -0.4 is 0 Å². The summed E-state index contributed by atoms with van der Waals surface area (Å²) in [7, 11) is 0. The van der Waals surface area contributed by atoms with Crippen molar-refractivity contribution in [3.8, 4) is 0 Å². The van der Waals surface area contributed by atoms with Crippen molar-refractivity contribution in [2.75, 3.05) is 0 Å². The second-order valence-corrected chi connectivity index (χ2v) is 5.01. The molecule has 1 aliphatic rings. The maximum Gasteiger partial charge on any atom is 0.240 e. The van der Waals surface area contributed by atoms with Gasteiger partial charge in [0.05, 0.1) is 11.4 Å². The first-order chi connectivity index (χ1) is 8.22. The predicted octanol–water partition coefficient (Wildman–Crippen LogP) is 3.83. The highest BCUT2D eigenvalue weighted by Gasteiger charge is 2.21. The van der Waals surface area contributed by atoms with Gasteiger partial charge in [-0.2, -0.15) is 4.99 Å². The summed E-state index contributed by atoms with van der Waals surface area (Å²) in [5.74, 6) is 0.879. The summed E-state index contributed by atoms with van der Waals surface area (Å²) in [6.07, 6.45) is 8.40. The molecule has 1 heterocycles. The van der Waals surface area contributed by atoms with E-state index in [2.05, 4.69) is 23.8 Å². The zero-order chi connectivity index (χ0) is 12.3. The third kappa shape index (κ3) is 2.62. The summed E-state index contributed by atoms with van der Waals surface area (Å²) in [6.45, 7) is 4.22. The zero-order valence-electron chi connectivity index (χ0n) is 10.4. The van der Waals surface area contributed by atoms with E-state index in [1.165, 1.54) is 12.8 Å². The van der Waals surface area contributed by atoms with Crippen LogP contribution in [-0.2, 0) is 4.79 Å². The van der Waals surface area contributed by atoms with Crippen LogP contribution in [0.3, 0.4) is 0 Å². The van der Waals surface area contributed by atoms with E-state index < -0.39 is 0 Å². The molecule has 1 aromatic heterocycles. The van der Waals surface area contributed by atoms with Gasteiger partial charge in [-0.25, -0.2) is 4.79 Å². The Labute approximate surface area is 102 Å². The van der Waals surface area contributed by atoms with Gasteiger partial charge in [-0.05, 0) is 30.4 Å². The molecule has 3 heteroatoms. The number of pyridine rings is 1. The summed E-state index contributed by atoms with van der Waals surface area (Å²) in [6, 6.07) is 1.98. The second kappa shape index (κ2) is 5.24. The number of aromatic nitrogens is 1. The molecule has 1 fully saturated rings. The van der Waals surface area contributed by atoms with E-state index >= 15 is 0 Å². The van der Waals surface area contributed by atoms with E-state index in [-0.39, 0.29) is 0 Å². The minimum atomic E-state index is 0.403. The molecule has 1 aromatic rings. The molecule has 90 valence electrons. The molecule has 0 saturated heterocycles. The summed E-state index contributed by atoms with van der Waals surface area (Å²) in [5, 5.41) is 0. The van der Waals surface area contributed by atoms with Crippen molar-refractivity contribution in [1.82, 2.24) is 4.98 Å². The SMILES string of the molecule is CC(C)c1cnc(C2CCCC2)c(N=C=O)c1. The fraction of sp³-hybridized carbons (Fsp3) is 0.571. The lowest BCUT2D eigenvalue weighted by Gasteiger charge is -2.13. The standard InChI is InChI=1S/C14H18N2O/c1-10(2)12-7-13(16-9-17)14(15-8-12)11-5-3-4-6-11/h7-8,10-11H,3-6H2,1-2H3. The van der Waals surface area contributed by atoms with Crippen LogP contribution in [0.2, 0.25) is 0 Å². The molecule has 0 aliphatic heterocycles. The van der Waals surface area contributed by atoms with E-state index in [1.807, 2.05) is 12.3 Å². The lowest BCUT2D eigenvalue weighted by atomic mass is 9.98. The van der Waals surface area contributed by atoms with Crippen LogP contribution in [0.15, 0.2) is 17.3 Å². The lowest BCUT2D eigenvalue weighted by Crippen LogP contribution is -1.99. The minimum Gasteiger partial charge on any atom is -0.258 e. The molecule has 3 nitrogen and oxygen atoms in total. The number of hydrogen-bond acceptors (Lipinski definition) is 3. The molecule has 0 atom stereocenters. The predicted molar refractivity (Wildman–Crippen MR) is 67.3 cm³/mol. The molecule has 0 aromatic carbocycles. The van der Waals surface area contributed by atoms with Crippen LogP contribution in [0.4, 0.5) is 5.69 Å². The molecular weight excluding hydrogens is 212 g/mol. The van der Waals surface area contributed by atoms with Crippen LogP contribution in [-0.4, -0.2) is 11.1 Å². The maximum atomic E-state index is 10.5. The Morgan fingerprint density at radius 1 is 1.41 bits per heavy atom. The number of nitrogens with zero attached hydrogens (tertiary/aromatic N) is 2. The average Bonchev–Trinajstić information content (AvgIpc) is 2.82. The van der Waals surface area contributed by atoms with Gasteiger partial charge < -0.3 is 0 Å². The zero-order valence-corrected chi connectivity index (χ0v) is 10.4. The van der Waals surface area contributed by atoms with Gasteiger partial charge in [0.1, 0.15) is 0 Å². The lowest BCUT2D eigenvalue weighted by molar-refractivity contribution is 0.565. The number of isocyanates is 1. The van der Waals surface area contributed by atoms with E-state index in [0.29, 0.717) is 11.8 Å². The van der Waals surface area contributed by atoms with Gasteiger partial charge in [0.15, 0.2) is 0 Å². The third-order valence-electron chi connectivity index (χ3n) is 3.49. The maximum absolute atomic E-state index is 10.5. The minimum absolute atomic E-state index is 0.403. The second-order valence-electron chi connectivity index (χ2n) is 5.01. The highest BCUT2D eigenvalue weighted by molar-refractivity contribution is 5.54.